The van der Waals surface area contributed by atoms with E-state index in [9.17, 15) is 10.2 Å². The van der Waals surface area contributed by atoms with Crippen molar-refractivity contribution in [2.24, 2.45) is 11.3 Å². The van der Waals surface area contributed by atoms with Crippen molar-refractivity contribution in [3.8, 4) is 0 Å². The normalized spacial score (nSPS) is 46.1. The first-order valence-electron chi connectivity index (χ1n) is 10.1. The summed E-state index contributed by atoms with van der Waals surface area (Å²) in [6.45, 7) is 0.981. The monoisotopic (exact) mass is 441 g/mol. The number of nitrogens with zero attached hydrogens (tertiary/aromatic N) is 1. The Kier molecular flexibility index (Phi) is 3.57. The van der Waals surface area contributed by atoms with Gasteiger partial charge < -0.3 is 19.8 Å². The number of halogens is 1. The van der Waals surface area contributed by atoms with E-state index in [4.69, 9.17) is 4.74 Å². The molecule has 5 heteroatoms. The van der Waals surface area contributed by atoms with Crippen LogP contribution in [0.25, 0.3) is 0 Å². The molecule has 28 heavy (non-hydrogen) atoms. The standard InChI is InChI=1S/C23H24BrNO3/c1-25-11-10-22-16-7-8-18(26)21(22)28-23(14-3-5-15(24)6-4-14)19(27)9-2-13(20(22)23)12-17(16)25/h2-9,16-19,21,26-27H,10-12H2,1H3/t16-,17+,18-,19?,21-,22-,23?/m0/s1. The quantitative estimate of drug-likeness (QED) is 0.657. The molecule has 1 spiro atoms. The Bertz CT molecular complexity index is 938. The van der Waals surface area contributed by atoms with Gasteiger partial charge >= 0.3 is 0 Å². The summed E-state index contributed by atoms with van der Waals surface area (Å²) in [5, 5.41) is 22.3. The summed E-state index contributed by atoms with van der Waals surface area (Å²) in [5.41, 5.74) is 2.30. The van der Waals surface area contributed by atoms with E-state index in [-0.39, 0.29) is 11.5 Å². The Labute approximate surface area is 173 Å². The van der Waals surface area contributed by atoms with E-state index in [0.717, 1.165) is 29.4 Å². The number of allylic oxidation sites excluding steroid dienone is 1. The van der Waals surface area contributed by atoms with Gasteiger partial charge in [0.15, 0.2) is 0 Å². The van der Waals surface area contributed by atoms with Gasteiger partial charge in [0, 0.05) is 21.8 Å². The molecule has 2 bridgehead atoms. The Morgan fingerprint density at radius 2 is 1.93 bits per heavy atom. The summed E-state index contributed by atoms with van der Waals surface area (Å²) in [7, 11) is 2.20. The van der Waals surface area contributed by atoms with Gasteiger partial charge in [-0.05, 0) is 55.3 Å². The lowest BCUT2D eigenvalue weighted by Crippen LogP contribution is -2.62. The summed E-state index contributed by atoms with van der Waals surface area (Å²) < 4.78 is 7.80. The van der Waals surface area contributed by atoms with Gasteiger partial charge in [-0.25, -0.2) is 0 Å². The maximum Gasteiger partial charge on any atom is 0.145 e. The zero-order valence-electron chi connectivity index (χ0n) is 15.8. The number of aliphatic hydroxyl groups excluding tert-OH is 2. The van der Waals surface area contributed by atoms with Crippen molar-refractivity contribution in [3.63, 3.8) is 0 Å². The van der Waals surface area contributed by atoms with Crippen LogP contribution in [0.15, 0.2) is 64.2 Å². The van der Waals surface area contributed by atoms with Crippen molar-refractivity contribution in [1.82, 2.24) is 4.90 Å². The molecule has 2 N–H and O–H groups in total. The van der Waals surface area contributed by atoms with Crippen LogP contribution in [-0.4, -0.2) is 53.1 Å². The summed E-state index contributed by atoms with van der Waals surface area (Å²) in [4.78, 5) is 2.46. The smallest absolute Gasteiger partial charge is 0.145 e. The third kappa shape index (κ3) is 1.90. The predicted molar refractivity (Wildman–Crippen MR) is 110 cm³/mol. The average molecular weight is 442 g/mol. The second-order valence-corrected chi connectivity index (χ2v) is 9.84. The zero-order chi connectivity index (χ0) is 19.3. The van der Waals surface area contributed by atoms with Gasteiger partial charge in [0.1, 0.15) is 11.7 Å². The minimum atomic E-state index is -0.915. The zero-order valence-corrected chi connectivity index (χ0v) is 17.3. The third-order valence-corrected chi connectivity index (χ3v) is 8.39. The number of hydrogen-bond acceptors (Lipinski definition) is 4. The molecule has 1 aromatic rings. The van der Waals surface area contributed by atoms with Gasteiger partial charge in [-0.2, -0.15) is 0 Å². The lowest BCUT2D eigenvalue weighted by Gasteiger charge is -2.58. The highest BCUT2D eigenvalue weighted by Crippen LogP contribution is 2.69. The SMILES string of the molecule is CN1CC[C@]23C4=C5C=CC(O)C4(c4ccc(Br)cc4)O[C@H]2[C@@H](O)C=C[C@H]3[C@H]1C5. The van der Waals surface area contributed by atoms with E-state index in [0.29, 0.717) is 12.0 Å². The number of benzene rings is 1. The molecule has 0 aromatic heterocycles. The molecule has 0 amide bonds. The van der Waals surface area contributed by atoms with Crippen LogP contribution in [0, 0.1) is 11.3 Å². The number of piperidine rings is 1. The third-order valence-electron chi connectivity index (χ3n) is 7.86. The molecule has 6 rings (SSSR count). The highest BCUT2D eigenvalue weighted by molar-refractivity contribution is 9.10. The van der Waals surface area contributed by atoms with E-state index in [2.05, 4.69) is 40.0 Å². The Morgan fingerprint density at radius 1 is 1.14 bits per heavy atom. The van der Waals surface area contributed by atoms with E-state index in [1.54, 1.807) is 0 Å². The Morgan fingerprint density at radius 3 is 2.71 bits per heavy atom. The number of hydrogen-bond donors (Lipinski definition) is 2. The van der Waals surface area contributed by atoms with Gasteiger partial charge in [0.2, 0.25) is 0 Å². The molecule has 2 unspecified atom stereocenters. The molecule has 146 valence electrons. The van der Waals surface area contributed by atoms with E-state index in [1.807, 2.05) is 36.4 Å². The maximum absolute atomic E-state index is 11.3. The molecule has 2 fully saturated rings. The predicted octanol–water partition coefficient (Wildman–Crippen LogP) is 2.91. The molecule has 2 aliphatic heterocycles. The summed E-state index contributed by atoms with van der Waals surface area (Å²) >= 11 is 3.52. The fourth-order valence-electron chi connectivity index (χ4n) is 6.74. The molecule has 2 saturated heterocycles. The van der Waals surface area contributed by atoms with Crippen molar-refractivity contribution in [3.05, 3.63) is 69.8 Å². The van der Waals surface area contributed by atoms with Crippen LogP contribution in [-0.2, 0) is 10.3 Å². The Balaban J connectivity index is 1.66. The summed E-state index contributed by atoms with van der Waals surface area (Å²) in [6, 6.07) is 8.50. The van der Waals surface area contributed by atoms with Crippen LogP contribution < -0.4 is 0 Å². The first kappa shape index (κ1) is 17.6. The fraction of sp³-hybridized carbons (Fsp3) is 0.478. The summed E-state index contributed by atoms with van der Waals surface area (Å²) in [6.07, 6.45) is 8.26. The molecule has 0 saturated carbocycles. The van der Waals surface area contributed by atoms with Crippen LogP contribution in [0.3, 0.4) is 0 Å². The van der Waals surface area contributed by atoms with Gasteiger partial charge in [0.25, 0.3) is 0 Å². The molecule has 4 nitrogen and oxygen atoms in total. The van der Waals surface area contributed by atoms with Crippen LogP contribution in [0.2, 0.25) is 0 Å². The lowest BCUT2D eigenvalue weighted by molar-refractivity contribution is -0.144. The van der Waals surface area contributed by atoms with Crippen molar-refractivity contribution < 1.29 is 14.9 Å². The average Bonchev–Trinajstić information content (AvgIpc) is 3.01. The summed E-state index contributed by atoms with van der Waals surface area (Å²) in [5.74, 6) is 0.300. The molecule has 1 aromatic carbocycles. The van der Waals surface area contributed by atoms with Gasteiger partial charge in [-0.1, -0.05) is 52.4 Å². The van der Waals surface area contributed by atoms with Gasteiger partial charge in [0.05, 0.1) is 12.2 Å². The largest absolute Gasteiger partial charge is 0.386 e. The second kappa shape index (κ2) is 5.67. The van der Waals surface area contributed by atoms with Crippen LogP contribution in [0.5, 0.6) is 0 Å². The molecule has 3 aliphatic carbocycles. The highest BCUT2D eigenvalue weighted by Gasteiger charge is 2.71. The van der Waals surface area contributed by atoms with Crippen molar-refractivity contribution >= 4 is 15.9 Å². The van der Waals surface area contributed by atoms with Crippen molar-refractivity contribution in [1.29, 1.82) is 0 Å². The fourth-order valence-corrected chi connectivity index (χ4v) is 7.00. The molecular formula is C23H24BrNO3. The number of rotatable bonds is 1. The van der Waals surface area contributed by atoms with Crippen molar-refractivity contribution in [2.75, 3.05) is 13.6 Å². The maximum atomic E-state index is 11.3. The molecule has 0 radical (unpaired) electrons. The van der Waals surface area contributed by atoms with E-state index < -0.39 is 17.8 Å². The molecular weight excluding hydrogens is 418 g/mol. The van der Waals surface area contributed by atoms with Crippen LogP contribution in [0.4, 0.5) is 0 Å². The lowest BCUT2D eigenvalue weighted by atomic mass is 9.50. The van der Waals surface area contributed by atoms with Gasteiger partial charge in [-0.3, -0.25) is 0 Å². The van der Waals surface area contributed by atoms with Crippen LogP contribution >= 0.6 is 15.9 Å². The minimum Gasteiger partial charge on any atom is -0.386 e. The van der Waals surface area contributed by atoms with Crippen molar-refractivity contribution in [2.45, 2.75) is 42.8 Å². The first-order valence-corrected chi connectivity index (χ1v) is 10.9. The highest BCUT2D eigenvalue weighted by atomic mass is 79.9. The topological polar surface area (TPSA) is 52.9 Å². The number of aliphatic hydroxyl groups is 2. The number of ether oxygens (including phenoxy) is 1. The van der Waals surface area contributed by atoms with E-state index in [1.165, 1.54) is 11.1 Å². The van der Waals surface area contributed by atoms with Crippen LogP contribution in [0.1, 0.15) is 18.4 Å². The second-order valence-electron chi connectivity index (χ2n) is 8.93. The Hall–Kier alpha value is -1.24. The molecule has 5 aliphatic rings. The van der Waals surface area contributed by atoms with Gasteiger partial charge in [-0.15, -0.1) is 0 Å². The van der Waals surface area contributed by atoms with E-state index >= 15 is 0 Å². The minimum absolute atomic E-state index is 0.252. The molecule has 7 atom stereocenters. The molecule has 2 heterocycles. The number of likely N-dealkylation sites (tertiary alicyclic amines) is 1. The first-order chi connectivity index (χ1) is 13.5.